The van der Waals surface area contributed by atoms with Gasteiger partial charge in [-0.15, -0.1) is 0 Å². The number of piperidine rings is 1. The topological polar surface area (TPSA) is 45.2 Å². The molecule has 0 radical (unpaired) electrons. The highest BCUT2D eigenvalue weighted by Gasteiger charge is 2.46. The lowest BCUT2D eigenvalue weighted by molar-refractivity contribution is 0.286. The van der Waals surface area contributed by atoms with Crippen LogP contribution < -0.4 is 9.80 Å². The molecule has 2 bridgehead atoms. The van der Waals surface area contributed by atoms with Crippen molar-refractivity contribution in [2.75, 3.05) is 22.9 Å². The van der Waals surface area contributed by atoms with Crippen molar-refractivity contribution in [3.8, 4) is 0 Å². The molecule has 3 aliphatic rings. The molecule has 108 valence electrons. The van der Waals surface area contributed by atoms with Crippen molar-refractivity contribution in [3.63, 3.8) is 0 Å². The molecule has 0 N–H and O–H groups in total. The van der Waals surface area contributed by atoms with Crippen molar-refractivity contribution in [1.29, 1.82) is 0 Å². The molecule has 0 aliphatic carbocycles. The quantitative estimate of drug-likeness (QED) is 0.778. The molecule has 2 atom stereocenters. The fourth-order valence-corrected chi connectivity index (χ4v) is 3.38. The fourth-order valence-electron chi connectivity index (χ4n) is 3.17. The van der Waals surface area contributed by atoms with Crippen LogP contribution in [-0.4, -0.2) is 40.1 Å². The summed E-state index contributed by atoms with van der Waals surface area (Å²) in [7, 11) is 0. The van der Waals surface area contributed by atoms with Gasteiger partial charge >= 0.3 is 0 Å². The normalized spacial score (nSPS) is 23.9. The highest BCUT2D eigenvalue weighted by atomic mass is 79.9. The Balaban J connectivity index is 1.52. The van der Waals surface area contributed by atoms with Crippen LogP contribution in [0.4, 0.5) is 16.0 Å². The SMILES string of the molecule is Fc1cc(N2CC3CC(C2)N3c2ncc(Br)cn2)ccn1. The Bertz CT molecular complexity index is 653. The van der Waals surface area contributed by atoms with Crippen molar-refractivity contribution in [1.82, 2.24) is 15.0 Å². The Kier molecular flexibility index (Phi) is 3.02. The predicted molar refractivity (Wildman–Crippen MR) is 80.8 cm³/mol. The first kappa shape index (κ1) is 12.9. The number of pyridine rings is 1. The van der Waals surface area contributed by atoms with Crippen LogP contribution in [0.25, 0.3) is 0 Å². The molecule has 2 aromatic rings. The van der Waals surface area contributed by atoms with E-state index in [1.165, 1.54) is 12.3 Å². The van der Waals surface area contributed by atoms with Gasteiger partial charge in [-0.2, -0.15) is 4.39 Å². The van der Waals surface area contributed by atoms with E-state index in [0.29, 0.717) is 12.1 Å². The van der Waals surface area contributed by atoms with Crippen LogP contribution in [0.1, 0.15) is 6.42 Å². The largest absolute Gasteiger partial charge is 0.367 e. The summed E-state index contributed by atoms with van der Waals surface area (Å²) in [5.41, 5.74) is 0.897. The lowest BCUT2D eigenvalue weighted by Crippen LogP contribution is -2.69. The smallest absolute Gasteiger partial charge is 0.225 e. The van der Waals surface area contributed by atoms with Crippen LogP contribution in [-0.2, 0) is 0 Å². The zero-order valence-electron chi connectivity index (χ0n) is 11.2. The van der Waals surface area contributed by atoms with Gasteiger partial charge in [0.2, 0.25) is 11.9 Å². The van der Waals surface area contributed by atoms with Gasteiger partial charge in [-0.25, -0.2) is 15.0 Å². The van der Waals surface area contributed by atoms with Crippen molar-refractivity contribution in [3.05, 3.63) is 41.1 Å². The lowest BCUT2D eigenvalue weighted by atomic mass is 9.87. The Morgan fingerprint density at radius 2 is 1.86 bits per heavy atom. The van der Waals surface area contributed by atoms with Gasteiger partial charge in [-0.05, 0) is 28.4 Å². The number of aromatic nitrogens is 3. The second-order valence-electron chi connectivity index (χ2n) is 5.39. The van der Waals surface area contributed by atoms with Gasteiger partial charge < -0.3 is 9.80 Å². The summed E-state index contributed by atoms with van der Waals surface area (Å²) in [6.45, 7) is 1.72. The second kappa shape index (κ2) is 4.91. The van der Waals surface area contributed by atoms with E-state index in [1.54, 1.807) is 12.4 Å². The fraction of sp³-hybridized carbons (Fsp3) is 0.357. The van der Waals surface area contributed by atoms with Crippen molar-refractivity contribution >= 4 is 27.6 Å². The van der Waals surface area contributed by atoms with Crippen LogP contribution in [0.15, 0.2) is 35.2 Å². The average Bonchev–Trinajstić information content (AvgIpc) is 2.49. The molecule has 0 aromatic carbocycles. The molecule has 5 rings (SSSR count). The van der Waals surface area contributed by atoms with Crippen LogP contribution in [0, 0.1) is 5.95 Å². The highest BCUT2D eigenvalue weighted by molar-refractivity contribution is 9.10. The van der Waals surface area contributed by atoms with Crippen molar-refractivity contribution in [2.24, 2.45) is 0 Å². The van der Waals surface area contributed by atoms with Crippen LogP contribution in [0.3, 0.4) is 0 Å². The number of anilines is 2. The monoisotopic (exact) mass is 349 g/mol. The first-order chi connectivity index (χ1) is 10.2. The molecule has 3 fully saturated rings. The average molecular weight is 350 g/mol. The number of hydrogen-bond donors (Lipinski definition) is 0. The number of rotatable bonds is 2. The van der Waals surface area contributed by atoms with E-state index in [1.807, 2.05) is 6.07 Å². The maximum atomic E-state index is 13.2. The third-order valence-electron chi connectivity index (χ3n) is 4.11. The summed E-state index contributed by atoms with van der Waals surface area (Å²) < 4.78 is 14.1. The maximum absolute atomic E-state index is 13.2. The summed E-state index contributed by atoms with van der Waals surface area (Å²) in [5.74, 6) is 0.347. The molecule has 2 unspecified atom stereocenters. The van der Waals surface area contributed by atoms with E-state index in [2.05, 4.69) is 40.7 Å². The summed E-state index contributed by atoms with van der Waals surface area (Å²) in [6, 6.07) is 4.13. The molecule has 7 heteroatoms. The van der Waals surface area contributed by atoms with E-state index >= 15 is 0 Å². The molecule has 3 saturated heterocycles. The molecule has 5 heterocycles. The molecule has 21 heavy (non-hydrogen) atoms. The van der Waals surface area contributed by atoms with Crippen molar-refractivity contribution in [2.45, 2.75) is 18.5 Å². The Hall–Kier alpha value is -1.76. The van der Waals surface area contributed by atoms with Gasteiger partial charge in [0.25, 0.3) is 0 Å². The van der Waals surface area contributed by atoms with Gasteiger partial charge in [-0.3, -0.25) is 0 Å². The summed E-state index contributed by atoms with van der Waals surface area (Å²) in [6.07, 6.45) is 6.20. The number of halogens is 2. The zero-order chi connectivity index (χ0) is 14.4. The minimum absolute atomic E-state index is 0.390. The van der Waals surface area contributed by atoms with E-state index in [4.69, 9.17) is 0 Å². The van der Waals surface area contributed by atoms with Gasteiger partial charge in [-0.1, -0.05) is 0 Å². The van der Waals surface area contributed by atoms with Gasteiger partial charge in [0.05, 0.1) is 16.6 Å². The maximum Gasteiger partial charge on any atom is 0.225 e. The molecule has 2 aromatic heterocycles. The number of fused-ring (bicyclic) bond motifs is 2. The molecule has 5 nitrogen and oxygen atoms in total. The summed E-state index contributed by atoms with van der Waals surface area (Å²) in [5, 5.41) is 0. The van der Waals surface area contributed by atoms with E-state index in [-0.39, 0.29) is 0 Å². The first-order valence-electron chi connectivity index (χ1n) is 6.83. The predicted octanol–water partition coefficient (Wildman–Crippen LogP) is 2.24. The molecular weight excluding hydrogens is 337 g/mol. The minimum Gasteiger partial charge on any atom is -0.367 e. The number of nitrogens with zero attached hydrogens (tertiary/aromatic N) is 5. The van der Waals surface area contributed by atoms with Gasteiger partial charge in [0.15, 0.2) is 0 Å². The zero-order valence-corrected chi connectivity index (χ0v) is 12.7. The van der Waals surface area contributed by atoms with Gasteiger partial charge in [0.1, 0.15) is 0 Å². The molecular formula is C14H13BrFN5. The molecule has 3 aliphatic heterocycles. The number of hydrogen-bond acceptors (Lipinski definition) is 5. The minimum atomic E-state index is -0.431. The third kappa shape index (κ3) is 2.25. The second-order valence-corrected chi connectivity index (χ2v) is 6.31. The third-order valence-corrected chi connectivity index (χ3v) is 4.52. The summed E-state index contributed by atoms with van der Waals surface area (Å²) in [4.78, 5) is 16.8. The van der Waals surface area contributed by atoms with Gasteiger partial charge in [0, 0.05) is 43.4 Å². The van der Waals surface area contributed by atoms with Crippen LogP contribution in [0.5, 0.6) is 0 Å². The summed E-state index contributed by atoms with van der Waals surface area (Å²) >= 11 is 3.35. The lowest BCUT2D eigenvalue weighted by Gasteiger charge is -2.56. The Morgan fingerprint density at radius 1 is 1.14 bits per heavy atom. The first-order valence-corrected chi connectivity index (χ1v) is 7.62. The standard InChI is InChI=1S/C14H13BrFN5/c15-9-5-18-14(19-6-9)21-11-3-12(21)8-20(7-11)10-1-2-17-13(16)4-10/h1-2,4-6,11-12H,3,7-8H2. The van der Waals surface area contributed by atoms with Crippen LogP contribution >= 0.6 is 15.9 Å². The Morgan fingerprint density at radius 3 is 2.52 bits per heavy atom. The Labute approximate surface area is 130 Å². The highest BCUT2D eigenvalue weighted by Crippen LogP contribution is 2.36. The molecule has 0 spiro atoms. The van der Waals surface area contributed by atoms with E-state index < -0.39 is 5.95 Å². The molecule has 0 amide bonds. The van der Waals surface area contributed by atoms with E-state index in [0.717, 1.165) is 35.6 Å². The molecule has 0 saturated carbocycles. The number of piperazine rings is 1. The van der Waals surface area contributed by atoms with Crippen molar-refractivity contribution < 1.29 is 4.39 Å². The van der Waals surface area contributed by atoms with E-state index in [9.17, 15) is 4.39 Å². The van der Waals surface area contributed by atoms with Crippen LogP contribution in [0.2, 0.25) is 0 Å².